The van der Waals surface area contributed by atoms with Crippen LogP contribution < -0.4 is 10.6 Å². The highest BCUT2D eigenvalue weighted by atomic mass is 16.2. The van der Waals surface area contributed by atoms with Crippen LogP contribution in [-0.4, -0.2) is 29.9 Å². The molecule has 1 heterocycles. The van der Waals surface area contributed by atoms with Crippen molar-refractivity contribution >= 4 is 11.8 Å². The first-order valence-corrected chi connectivity index (χ1v) is 7.71. The Balaban J connectivity index is 2.54. The number of amides is 2. The number of hydrogen-bond acceptors (Lipinski definition) is 3. The topological polar surface area (TPSA) is 71.1 Å². The zero-order valence-corrected chi connectivity index (χ0v) is 12.9. The molecule has 0 bridgehead atoms. The van der Waals surface area contributed by atoms with Gasteiger partial charge in [-0.2, -0.15) is 0 Å². The van der Waals surface area contributed by atoms with Crippen molar-refractivity contribution in [3.8, 4) is 0 Å². The second kappa shape index (κ2) is 9.91. The predicted molar refractivity (Wildman–Crippen MR) is 83.3 cm³/mol. The van der Waals surface area contributed by atoms with Gasteiger partial charge in [-0.25, -0.2) is 0 Å². The van der Waals surface area contributed by atoms with E-state index in [0.717, 1.165) is 32.1 Å². The molecule has 0 atom stereocenters. The van der Waals surface area contributed by atoms with Crippen LogP contribution in [0.1, 0.15) is 66.8 Å². The molecule has 1 rings (SSSR count). The molecule has 116 valence electrons. The third kappa shape index (κ3) is 6.38. The van der Waals surface area contributed by atoms with Crippen LogP contribution in [0.4, 0.5) is 0 Å². The van der Waals surface area contributed by atoms with E-state index in [1.807, 2.05) is 0 Å². The molecule has 0 radical (unpaired) electrons. The van der Waals surface area contributed by atoms with Crippen molar-refractivity contribution < 1.29 is 9.59 Å². The minimum atomic E-state index is -0.227. The van der Waals surface area contributed by atoms with E-state index >= 15 is 0 Å². The highest BCUT2D eigenvalue weighted by Gasteiger charge is 2.11. The maximum absolute atomic E-state index is 11.9. The van der Waals surface area contributed by atoms with Crippen molar-refractivity contribution in [2.45, 2.75) is 46.0 Å². The molecule has 2 amide bonds. The second-order valence-corrected chi connectivity index (χ2v) is 5.00. The fraction of sp³-hybridized carbons (Fsp3) is 0.562. The highest BCUT2D eigenvalue weighted by molar-refractivity contribution is 5.98. The summed E-state index contributed by atoms with van der Waals surface area (Å²) in [7, 11) is 0. The van der Waals surface area contributed by atoms with Crippen LogP contribution in [0, 0.1) is 0 Å². The lowest BCUT2D eigenvalue weighted by molar-refractivity contribution is 0.0948. The fourth-order valence-electron chi connectivity index (χ4n) is 1.84. The molecule has 0 saturated heterocycles. The van der Waals surface area contributed by atoms with E-state index in [0.29, 0.717) is 18.7 Å². The average Bonchev–Trinajstić information content (AvgIpc) is 2.51. The number of unbranched alkanes of at least 4 members (excludes halogenated alkanes) is 3. The fourth-order valence-corrected chi connectivity index (χ4v) is 1.84. The second-order valence-electron chi connectivity index (χ2n) is 5.00. The summed E-state index contributed by atoms with van der Waals surface area (Å²) in [6, 6.07) is 3.16. The zero-order chi connectivity index (χ0) is 15.5. The van der Waals surface area contributed by atoms with Gasteiger partial charge in [0.05, 0.1) is 0 Å². The van der Waals surface area contributed by atoms with Crippen LogP contribution in [0.2, 0.25) is 0 Å². The van der Waals surface area contributed by atoms with E-state index in [1.54, 1.807) is 6.07 Å². The van der Waals surface area contributed by atoms with E-state index < -0.39 is 0 Å². The number of carbonyl (C=O) groups excluding carboxylic acids is 2. The smallest absolute Gasteiger partial charge is 0.269 e. The predicted octanol–water partition coefficient (Wildman–Crippen LogP) is 2.53. The summed E-state index contributed by atoms with van der Waals surface area (Å²) in [6.45, 7) is 5.47. The molecule has 0 spiro atoms. The molecule has 5 heteroatoms. The first kappa shape index (κ1) is 17.1. The Labute approximate surface area is 126 Å². The third-order valence-electron chi connectivity index (χ3n) is 3.14. The molecule has 2 N–H and O–H groups in total. The molecule has 0 aliphatic carbocycles. The molecule has 1 aromatic heterocycles. The molecule has 1 aromatic rings. The van der Waals surface area contributed by atoms with E-state index in [-0.39, 0.29) is 17.5 Å². The number of aromatic nitrogens is 1. The lowest BCUT2D eigenvalue weighted by atomic mass is 10.2. The minimum Gasteiger partial charge on any atom is -0.352 e. The van der Waals surface area contributed by atoms with Crippen molar-refractivity contribution in [2.24, 2.45) is 0 Å². The molecular weight excluding hydrogens is 266 g/mol. The molecule has 0 unspecified atom stereocenters. The van der Waals surface area contributed by atoms with Gasteiger partial charge in [0.25, 0.3) is 11.8 Å². The lowest BCUT2D eigenvalue weighted by Gasteiger charge is -2.07. The Bertz CT molecular complexity index is 461. The van der Waals surface area contributed by atoms with Crippen molar-refractivity contribution in [3.63, 3.8) is 0 Å². The monoisotopic (exact) mass is 291 g/mol. The average molecular weight is 291 g/mol. The van der Waals surface area contributed by atoms with Crippen LogP contribution in [0.15, 0.2) is 18.3 Å². The van der Waals surface area contributed by atoms with Gasteiger partial charge in [0, 0.05) is 24.8 Å². The number of pyridine rings is 1. The van der Waals surface area contributed by atoms with Gasteiger partial charge in [-0.1, -0.05) is 33.1 Å². The van der Waals surface area contributed by atoms with Crippen molar-refractivity contribution in [3.05, 3.63) is 29.6 Å². The van der Waals surface area contributed by atoms with Gasteiger partial charge >= 0.3 is 0 Å². The first-order valence-electron chi connectivity index (χ1n) is 7.71. The molecule has 0 aliphatic rings. The van der Waals surface area contributed by atoms with Crippen molar-refractivity contribution in [1.82, 2.24) is 15.6 Å². The Morgan fingerprint density at radius 2 is 1.67 bits per heavy atom. The third-order valence-corrected chi connectivity index (χ3v) is 3.14. The van der Waals surface area contributed by atoms with Crippen molar-refractivity contribution in [1.29, 1.82) is 0 Å². The van der Waals surface area contributed by atoms with E-state index in [1.165, 1.54) is 12.3 Å². The number of carbonyl (C=O) groups is 2. The normalized spacial score (nSPS) is 10.2. The molecule has 0 fully saturated rings. The summed E-state index contributed by atoms with van der Waals surface area (Å²) < 4.78 is 0. The van der Waals surface area contributed by atoms with Gasteiger partial charge in [0.2, 0.25) is 0 Å². The zero-order valence-electron chi connectivity index (χ0n) is 12.9. The molecule has 5 nitrogen and oxygen atoms in total. The summed E-state index contributed by atoms with van der Waals surface area (Å²) in [6.07, 6.45) is 6.63. The number of nitrogens with one attached hydrogen (secondary N) is 2. The number of rotatable bonds is 9. The van der Waals surface area contributed by atoms with Crippen LogP contribution >= 0.6 is 0 Å². The summed E-state index contributed by atoms with van der Waals surface area (Å²) in [4.78, 5) is 27.9. The molecular formula is C16H25N3O2. The maximum atomic E-state index is 11.9. The first-order chi connectivity index (χ1) is 10.2. The summed E-state index contributed by atoms with van der Waals surface area (Å²) in [5, 5.41) is 5.65. The van der Waals surface area contributed by atoms with Gasteiger partial charge < -0.3 is 10.6 Å². The van der Waals surface area contributed by atoms with Crippen LogP contribution in [0.25, 0.3) is 0 Å². The minimum absolute atomic E-state index is 0.161. The van der Waals surface area contributed by atoms with Gasteiger partial charge in [0.15, 0.2) is 0 Å². The van der Waals surface area contributed by atoms with E-state index in [2.05, 4.69) is 29.5 Å². The largest absolute Gasteiger partial charge is 0.352 e. The molecule has 21 heavy (non-hydrogen) atoms. The number of nitrogens with zero attached hydrogens (tertiary/aromatic N) is 1. The van der Waals surface area contributed by atoms with Crippen LogP contribution in [-0.2, 0) is 0 Å². The van der Waals surface area contributed by atoms with Crippen LogP contribution in [0.3, 0.4) is 0 Å². The highest BCUT2D eigenvalue weighted by Crippen LogP contribution is 2.03. The van der Waals surface area contributed by atoms with Gasteiger partial charge in [-0.15, -0.1) is 0 Å². The maximum Gasteiger partial charge on any atom is 0.269 e. The van der Waals surface area contributed by atoms with Crippen LogP contribution in [0.5, 0.6) is 0 Å². The lowest BCUT2D eigenvalue weighted by Crippen LogP contribution is -2.27. The summed E-state index contributed by atoms with van der Waals surface area (Å²) in [5.74, 6) is -0.389. The SMILES string of the molecule is CCCCCNC(=O)c1cc(C(=O)NCCCC)ccn1. The summed E-state index contributed by atoms with van der Waals surface area (Å²) in [5.41, 5.74) is 0.759. The van der Waals surface area contributed by atoms with Crippen molar-refractivity contribution in [2.75, 3.05) is 13.1 Å². The van der Waals surface area contributed by atoms with Gasteiger partial charge in [0.1, 0.15) is 5.69 Å². The molecule has 0 saturated carbocycles. The van der Waals surface area contributed by atoms with E-state index in [9.17, 15) is 9.59 Å². The van der Waals surface area contributed by atoms with E-state index in [4.69, 9.17) is 0 Å². The Kier molecular flexibility index (Phi) is 8.09. The number of hydrogen-bond donors (Lipinski definition) is 2. The Morgan fingerprint density at radius 1 is 1.00 bits per heavy atom. The van der Waals surface area contributed by atoms with Gasteiger partial charge in [-0.3, -0.25) is 14.6 Å². The standard InChI is InChI=1S/C16H25N3O2/c1-3-5-7-10-19-16(21)14-12-13(8-11-17-14)15(20)18-9-6-4-2/h8,11-12H,3-7,9-10H2,1-2H3,(H,18,20)(H,19,21). The summed E-state index contributed by atoms with van der Waals surface area (Å²) >= 11 is 0. The molecule has 0 aliphatic heterocycles. The Morgan fingerprint density at radius 3 is 2.38 bits per heavy atom. The van der Waals surface area contributed by atoms with Gasteiger partial charge in [-0.05, 0) is 25.0 Å². The Hall–Kier alpha value is -1.91. The quantitative estimate of drug-likeness (QED) is 0.687. The molecule has 0 aromatic carbocycles.